The fraction of sp³-hybridized carbons (Fsp3) is 0.391. The topological polar surface area (TPSA) is 68.3 Å². The monoisotopic (exact) mass is 444 g/mol. The molecular formula is C23H28N2O5S. The Balaban J connectivity index is 0.00000272. The Morgan fingerprint density at radius 3 is 2.45 bits per heavy atom. The Morgan fingerprint density at radius 1 is 1.06 bits per heavy atom. The van der Waals surface area contributed by atoms with Crippen LogP contribution in [0.1, 0.15) is 33.1 Å². The molecule has 4 rings (SSSR count). The van der Waals surface area contributed by atoms with Crippen molar-refractivity contribution < 1.29 is 23.8 Å². The summed E-state index contributed by atoms with van der Waals surface area (Å²) >= 11 is 0. The number of hydrogen-bond donors (Lipinski definition) is 0. The van der Waals surface area contributed by atoms with E-state index in [1.165, 1.54) is 7.11 Å². The van der Waals surface area contributed by atoms with Gasteiger partial charge in [0.05, 0.1) is 38.5 Å². The minimum Gasteiger partial charge on any atom is -0.491 e. The summed E-state index contributed by atoms with van der Waals surface area (Å²) in [7, 11) is 1.35. The zero-order chi connectivity index (χ0) is 21.1. The quantitative estimate of drug-likeness (QED) is 0.665. The molecule has 2 aliphatic heterocycles. The van der Waals surface area contributed by atoms with Gasteiger partial charge in [0.25, 0.3) is 0 Å². The molecule has 0 unspecified atom stereocenters. The van der Waals surface area contributed by atoms with E-state index in [1.54, 1.807) is 12.1 Å². The van der Waals surface area contributed by atoms with Gasteiger partial charge in [0.15, 0.2) is 0 Å². The lowest BCUT2D eigenvalue weighted by Crippen LogP contribution is -2.49. The van der Waals surface area contributed by atoms with Crippen LogP contribution in [0.5, 0.6) is 5.75 Å². The van der Waals surface area contributed by atoms with E-state index in [4.69, 9.17) is 14.2 Å². The van der Waals surface area contributed by atoms with Crippen LogP contribution in [0.25, 0.3) is 0 Å². The first-order valence-electron chi connectivity index (χ1n) is 10.1. The molecule has 2 amide bonds. The van der Waals surface area contributed by atoms with E-state index >= 15 is 0 Å². The Hall–Kier alpha value is -2.71. The summed E-state index contributed by atoms with van der Waals surface area (Å²) in [6.07, 6.45) is 0. The molecule has 31 heavy (non-hydrogen) atoms. The van der Waals surface area contributed by atoms with E-state index < -0.39 is 5.97 Å². The molecule has 166 valence electrons. The predicted octanol–water partition coefficient (Wildman–Crippen LogP) is 3.28. The summed E-state index contributed by atoms with van der Waals surface area (Å²) in [5.74, 6) is 0.189. The van der Waals surface area contributed by atoms with Gasteiger partial charge in [-0.05, 0) is 24.6 Å². The van der Waals surface area contributed by atoms with Crippen LogP contribution in [0.4, 0.5) is 4.79 Å². The normalized spacial score (nSPS) is 18.2. The van der Waals surface area contributed by atoms with Crippen LogP contribution >= 0.6 is 13.5 Å². The molecule has 2 aromatic rings. The maximum Gasteiger partial charge on any atom is 0.337 e. The third-order valence-corrected chi connectivity index (χ3v) is 5.59. The molecule has 8 heteroatoms. The SMILES string of the molecule is COC(=O)c1ccc2c(c1)OC[C@H](c1ccc(C)cc1)N(C(=O)N1CCOCC1)C2.S. The van der Waals surface area contributed by atoms with E-state index in [-0.39, 0.29) is 25.6 Å². The number of fused-ring (bicyclic) bond motifs is 1. The molecule has 7 nitrogen and oxygen atoms in total. The van der Waals surface area contributed by atoms with Gasteiger partial charge in [-0.25, -0.2) is 9.59 Å². The second-order valence-electron chi connectivity index (χ2n) is 7.56. The molecule has 0 aromatic heterocycles. The highest BCUT2D eigenvalue weighted by Crippen LogP contribution is 2.33. The Kier molecular flexibility index (Phi) is 7.46. The van der Waals surface area contributed by atoms with Gasteiger partial charge >= 0.3 is 12.0 Å². The minimum absolute atomic E-state index is 0. The van der Waals surface area contributed by atoms with Crippen molar-refractivity contribution >= 4 is 25.5 Å². The number of esters is 1. The van der Waals surface area contributed by atoms with Crippen molar-refractivity contribution in [2.24, 2.45) is 0 Å². The number of rotatable bonds is 2. The molecule has 1 atom stereocenters. The first kappa shape index (κ1) is 23.0. The smallest absolute Gasteiger partial charge is 0.337 e. The lowest BCUT2D eigenvalue weighted by atomic mass is 10.0. The van der Waals surface area contributed by atoms with Crippen molar-refractivity contribution in [1.29, 1.82) is 0 Å². The second-order valence-corrected chi connectivity index (χ2v) is 7.56. The standard InChI is InChI=1S/C23H26N2O5.H2S/c1-16-3-5-17(6-4-16)20-15-30-21-13-18(22(26)28-2)7-8-19(21)14-25(20)23(27)24-9-11-29-12-10-24;/h3-8,13,20H,9-12,14-15H2,1-2H3;1H2/t20-;/m1./s1. The number of urea groups is 1. The molecular weight excluding hydrogens is 416 g/mol. The lowest BCUT2D eigenvalue weighted by molar-refractivity contribution is 0.0362. The first-order valence-corrected chi connectivity index (χ1v) is 10.1. The van der Waals surface area contributed by atoms with Crippen LogP contribution in [-0.2, 0) is 16.0 Å². The van der Waals surface area contributed by atoms with Crippen molar-refractivity contribution in [3.63, 3.8) is 0 Å². The Bertz CT molecular complexity index is 928. The fourth-order valence-electron chi connectivity index (χ4n) is 3.82. The fourth-order valence-corrected chi connectivity index (χ4v) is 3.82. The highest BCUT2D eigenvalue weighted by atomic mass is 32.1. The summed E-state index contributed by atoms with van der Waals surface area (Å²) in [6.45, 7) is 4.97. The minimum atomic E-state index is -0.415. The average Bonchev–Trinajstić information content (AvgIpc) is 2.98. The van der Waals surface area contributed by atoms with Crippen molar-refractivity contribution in [2.75, 3.05) is 40.0 Å². The van der Waals surface area contributed by atoms with Crippen LogP contribution in [0, 0.1) is 6.92 Å². The molecule has 0 saturated carbocycles. The van der Waals surface area contributed by atoms with Crippen LogP contribution in [0.15, 0.2) is 42.5 Å². The molecule has 2 aliphatic rings. The second kappa shape index (κ2) is 10.1. The molecule has 0 radical (unpaired) electrons. The number of methoxy groups -OCH3 is 1. The van der Waals surface area contributed by atoms with E-state index in [2.05, 4.69) is 0 Å². The number of morpholine rings is 1. The largest absolute Gasteiger partial charge is 0.491 e. The van der Waals surface area contributed by atoms with Gasteiger partial charge in [0.1, 0.15) is 12.4 Å². The number of ether oxygens (including phenoxy) is 3. The maximum atomic E-state index is 13.5. The number of benzene rings is 2. The van der Waals surface area contributed by atoms with E-state index in [0.717, 1.165) is 16.7 Å². The highest BCUT2D eigenvalue weighted by Gasteiger charge is 2.33. The summed E-state index contributed by atoms with van der Waals surface area (Å²) in [5, 5.41) is 0. The van der Waals surface area contributed by atoms with Crippen LogP contribution in [0.2, 0.25) is 0 Å². The third-order valence-electron chi connectivity index (χ3n) is 5.59. The Labute approximate surface area is 189 Å². The van der Waals surface area contributed by atoms with Gasteiger partial charge < -0.3 is 24.0 Å². The van der Waals surface area contributed by atoms with Crippen LogP contribution in [0.3, 0.4) is 0 Å². The maximum absolute atomic E-state index is 13.5. The van der Waals surface area contributed by atoms with Gasteiger partial charge in [0, 0.05) is 18.7 Å². The van der Waals surface area contributed by atoms with Gasteiger partial charge in [-0.2, -0.15) is 13.5 Å². The van der Waals surface area contributed by atoms with Crippen molar-refractivity contribution in [3.8, 4) is 5.75 Å². The highest BCUT2D eigenvalue weighted by molar-refractivity contribution is 7.59. The lowest BCUT2D eigenvalue weighted by Gasteiger charge is -2.36. The van der Waals surface area contributed by atoms with Crippen molar-refractivity contribution in [3.05, 3.63) is 64.7 Å². The summed E-state index contributed by atoms with van der Waals surface area (Å²) in [4.78, 5) is 29.1. The molecule has 0 N–H and O–H groups in total. The van der Waals surface area contributed by atoms with Crippen LogP contribution in [-0.4, -0.2) is 61.8 Å². The van der Waals surface area contributed by atoms with Gasteiger partial charge in [-0.1, -0.05) is 35.9 Å². The molecule has 0 spiro atoms. The predicted molar refractivity (Wildman–Crippen MR) is 121 cm³/mol. The number of amides is 2. The van der Waals surface area contributed by atoms with Crippen molar-refractivity contribution in [1.82, 2.24) is 9.80 Å². The Morgan fingerprint density at radius 2 is 1.77 bits per heavy atom. The molecule has 0 aliphatic carbocycles. The summed E-state index contributed by atoms with van der Waals surface area (Å²) in [5.41, 5.74) is 3.46. The number of aryl methyl sites for hydroxylation is 1. The molecule has 2 heterocycles. The molecule has 2 aromatic carbocycles. The number of carbonyl (C=O) groups is 2. The average molecular weight is 445 g/mol. The molecule has 0 bridgehead atoms. The first-order chi connectivity index (χ1) is 14.6. The number of nitrogens with zero attached hydrogens (tertiary/aromatic N) is 2. The third kappa shape index (κ3) is 4.97. The van der Waals surface area contributed by atoms with Crippen molar-refractivity contribution in [2.45, 2.75) is 19.5 Å². The van der Waals surface area contributed by atoms with Gasteiger partial charge in [-0.15, -0.1) is 0 Å². The molecule has 1 saturated heterocycles. The van der Waals surface area contributed by atoms with Gasteiger partial charge in [-0.3, -0.25) is 0 Å². The van der Waals surface area contributed by atoms with Crippen LogP contribution < -0.4 is 4.74 Å². The van der Waals surface area contributed by atoms with E-state index in [1.807, 2.05) is 47.1 Å². The van der Waals surface area contributed by atoms with Gasteiger partial charge in [0.2, 0.25) is 0 Å². The van der Waals surface area contributed by atoms with E-state index in [9.17, 15) is 9.59 Å². The van der Waals surface area contributed by atoms with E-state index in [0.29, 0.717) is 50.8 Å². The zero-order valence-corrected chi connectivity index (χ0v) is 18.8. The number of hydrogen-bond acceptors (Lipinski definition) is 5. The summed E-state index contributed by atoms with van der Waals surface area (Å²) < 4.78 is 16.3. The molecule has 1 fully saturated rings. The summed E-state index contributed by atoms with van der Waals surface area (Å²) in [6, 6.07) is 13.1. The zero-order valence-electron chi connectivity index (χ0n) is 17.8. The number of carbonyl (C=O) groups excluding carboxylic acids is 2.